The first kappa shape index (κ1) is 13.4. The molecule has 4 nitrogen and oxygen atoms in total. The fourth-order valence-corrected chi connectivity index (χ4v) is 1.33. The first-order valence-corrected chi connectivity index (χ1v) is 5.09. The van der Waals surface area contributed by atoms with Crippen LogP contribution in [0.1, 0.15) is 13.8 Å². The van der Waals surface area contributed by atoms with E-state index >= 15 is 0 Å². The molecule has 14 heavy (non-hydrogen) atoms. The molecule has 1 amide bonds. The third kappa shape index (κ3) is 4.58. The van der Waals surface area contributed by atoms with E-state index in [9.17, 15) is 4.79 Å². The van der Waals surface area contributed by atoms with E-state index in [1.807, 2.05) is 25.8 Å². The van der Waals surface area contributed by atoms with Crippen molar-refractivity contribution >= 4 is 5.91 Å². The van der Waals surface area contributed by atoms with Gasteiger partial charge in [-0.2, -0.15) is 0 Å². The van der Waals surface area contributed by atoms with Crippen LogP contribution in [0.3, 0.4) is 0 Å². The third-order valence-corrected chi connectivity index (χ3v) is 2.19. The Morgan fingerprint density at radius 3 is 2.64 bits per heavy atom. The number of rotatable bonds is 7. The van der Waals surface area contributed by atoms with Gasteiger partial charge in [0.1, 0.15) is 0 Å². The number of ether oxygens (including phenoxy) is 1. The van der Waals surface area contributed by atoms with E-state index in [1.165, 1.54) is 0 Å². The highest BCUT2D eigenvalue weighted by molar-refractivity contribution is 5.78. The number of hydrogen-bond donors (Lipinski definition) is 1. The molecular weight excluding hydrogens is 180 g/mol. The molecule has 0 saturated carbocycles. The van der Waals surface area contributed by atoms with Crippen LogP contribution in [-0.2, 0) is 9.53 Å². The summed E-state index contributed by atoms with van der Waals surface area (Å²) in [7, 11) is 3.50. The van der Waals surface area contributed by atoms with Crippen LogP contribution in [0.4, 0.5) is 0 Å². The summed E-state index contributed by atoms with van der Waals surface area (Å²) in [5, 5.41) is 3.00. The molecule has 0 saturated heterocycles. The molecule has 0 aliphatic heterocycles. The van der Waals surface area contributed by atoms with Crippen LogP contribution in [0.2, 0.25) is 0 Å². The third-order valence-electron chi connectivity index (χ3n) is 2.19. The van der Waals surface area contributed by atoms with Crippen LogP contribution in [0, 0.1) is 5.92 Å². The lowest BCUT2D eigenvalue weighted by Gasteiger charge is -2.23. The van der Waals surface area contributed by atoms with E-state index < -0.39 is 0 Å². The fraction of sp³-hybridized carbons (Fsp3) is 0.900. The molecule has 0 aliphatic carbocycles. The van der Waals surface area contributed by atoms with Gasteiger partial charge >= 0.3 is 0 Å². The minimum atomic E-state index is 0.0387. The highest BCUT2D eigenvalue weighted by Crippen LogP contribution is 2.01. The molecule has 0 aromatic heterocycles. The van der Waals surface area contributed by atoms with Gasteiger partial charge in [-0.1, -0.05) is 6.92 Å². The van der Waals surface area contributed by atoms with Crippen LogP contribution in [-0.4, -0.2) is 51.2 Å². The summed E-state index contributed by atoms with van der Waals surface area (Å²) in [6.45, 7) is 6.68. The summed E-state index contributed by atoms with van der Waals surface area (Å²) in [5.41, 5.74) is 0. The van der Waals surface area contributed by atoms with Gasteiger partial charge in [0.15, 0.2) is 0 Å². The lowest BCUT2D eigenvalue weighted by Crippen LogP contribution is -2.40. The second-order valence-corrected chi connectivity index (χ2v) is 3.37. The SMILES string of the molecule is CCN(CCOC)C(=O)C(C)CNC. The van der Waals surface area contributed by atoms with Gasteiger partial charge < -0.3 is 15.0 Å². The standard InChI is InChI=1S/C10H22N2O2/c1-5-12(6-7-14-4)10(13)9(2)8-11-3/h9,11H,5-8H2,1-4H3. The average Bonchev–Trinajstić information content (AvgIpc) is 2.19. The molecule has 0 spiro atoms. The van der Waals surface area contributed by atoms with Crippen molar-refractivity contribution < 1.29 is 9.53 Å². The van der Waals surface area contributed by atoms with Crippen molar-refractivity contribution in [2.24, 2.45) is 5.92 Å². The number of nitrogens with one attached hydrogen (secondary N) is 1. The normalized spacial score (nSPS) is 12.6. The van der Waals surface area contributed by atoms with Crippen molar-refractivity contribution in [1.29, 1.82) is 0 Å². The van der Waals surface area contributed by atoms with E-state index in [0.29, 0.717) is 13.2 Å². The van der Waals surface area contributed by atoms with Crippen molar-refractivity contribution in [3.05, 3.63) is 0 Å². The topological polar surface area (TPSA) is 41.6 Å². The number of amides is 1. The van der Waals surface area contributed by atoms with Gasteiger partial charge in [-0.05, 0) is 14.0 Å². The Balaban J connectivity index is 4.01. The molecule has 1 atom stereocenters. The molecule has 0 radical (unpaired) electrons. The zero-order valence-electron chi connectivity index (χ0n) is 9.67. The average molecular weight is 202 g/mol. The Morgan fingerprint density at radius 2 is 2.21 bits per heavy atom. The van der Waals surface area contributed by atoms with Gasteiger partial charge in [0, 0.05) is 32.7 Å². The fourth-order valence-electron chi connectivity index (χ4n) is 1.33. The second-order valence-electron chi connectivity index (χ2n) is 3.37. The minimum absolute atomic E-state index is 0.0387. The van der Waals surface area contributed by atoms with E-state index in [2.05, 4.69) is 5.32 Å². The van der Waals surface area contributed by atoms with Crippen LogP contribution < -0.4 is 5.32 Å². The number of nitrogens with zero attached hydrogens (tertiary/aromatic N) is 1. The largest absolute Gasteiger partial charge is 0.383 e. The molecule has 0 aromatic carbocycles. The Bertz CT molecular complexity index is 162. The first-order valence-electron chi connectivity index (χ1n) is 5.09. The molecule has 0 aromatic rings. The zero-order valence-corrected chi connectivity index (χ0v) is 9.67. The summed E-state index contributed by atoms with van der Waals surface area (Å²) < 4.78 is 4.95. The van der Waals surface area contributed by atoms with E-state index in [-0.39, 0.29) is 11.8 Å². The van der Waals surface area contributed by atoms with Crippen LogP contribution in [0.5, 0.6) is 0 Å². The zero-order chi connectivity index (χ0) is 11.0. The summed E-state index contributed by atoms with van der Waals surface area (Å²) in [6, 6.07) is 0. The minimum Gasteiger partial charge on any atom is -0.383 e. The van der Waals surface area contributed by atoms with Crippen molar-refractivity contribution in [2.75, 3.05) is 40.4 Å². The Morgan fingerprint density at radius 1 is 1.57 bits per heavy atom. The van der Waals surface area contributed by atoms with Gasteiger partial charge in [0.2, 0.25) is 5.91 Å². The van der Waals surface area contributed by atoms with Gasteiger partial charge in [0.25, 0.3) is 0 Å². The molecule has 0 rings (SSSR count). The van der Waals surface area contributed by atoms with Crippen molar-refractivity contribution in [1.82, 2.24) is 10.2 Å². The van der Waals surface area contributed by atoms with Gasteiger partial charge in [-0.15, -0.1) is 0 Å². The number of carbonyl (C=O) groups excluding carboxylic acids is 1. The molecule has 84 valence electrons. The van der Waals surface area contributed by atoms with E-state index in [1.54, 1.807) is 7.11 Å². The lowest BCUT2D eigenvalue weighted by atomic mass is 10.1. The molecule has 4 heteroatoms. The molecule has 0 fully saturated rings. The summed E-state index contributed by atoms with van der Waals surface area (Å²) >= 11 is 0. The maximum absolute atomic E-state index is 11.8. The maximum atomic E-state index is 11.8. The highest BCUT2D eigenvalue weighted by atomic mass is 16.5. The Labute approximate surface area is 86.6 Å². The van der Waals surface area contributed by atoms with Crippen LogP contribution in [0.15, 0.2) is 0 Å². The second kappa shape index (κ2) is 7.76. The molecular formula is C10H22N2O2. The predicted octanol–water partition coefficient (Wildman–Crippen LogP) is 0.337. The summed E-state index contributed by atoms with van der Waals surface area (Å²) in [6.07, 6.45) is 0. The number of methoxy groups -OCH3 is 1. The lowest BCUT2D eigenvalue weighted by molar-refractivity contribution is -0.135. The Kier molecular flexibility index (Phi) is 7.42. The van der Waals surface area contributed by atoms with Crippen molar-refractivity contribution in [2.45, 2.75) is 13.8 Å². The predicted molar refractivity (Wildman–Crippen MR) is 57.2 cm³/mol. The number of hydrogen-bond acceptors (Lipinski definition) is 3. The summed E-state index contributed by atoms with van der Waals surface area (Å²) in [5.74, 6) is 0.232. The number of carbonyl (C=O) groups is 1. The smallest absolute Gasteiger partial charge is 0.226 e. The van der Waals surface area contributed by atoms with Crippen LogP contribution in [0.25, 0.3) is 0 Å². The number of likely N-dealkylation sites (N-methyl/N-ethyl adjacent to an activating group) is 1. The first-order chi connectivity index (χ1) is 6.67. The molecule has 0 heterocycles. The molecule has 0 aliphatic rings. The van der Waals surface area contributed by atoms with E-state index in [4.69, 9.17) is 4.74 Å². The highest BCUT2D eigenvalue weighted by Gasteiger charge is 2.17. The van der Waals surface area contributed by atoms with Crippen LogP contribution >= 0.6 is 0 Å². The van der Waals surface area contributed by atoms with Crippen molar-refractivity contribution in [3.63, 3.8) is 0 Å². The van der Waals surface area contributed by atoms with E-state index in [0.717, 1.165) is 13.1 Å². The molecule has 0 bridgehead atoms. The summed E-state index contributed by atoms with van der Waals surface area (Å²) in [4.78, 5) is 13.6. The van der Waals surface area contributed by atoms with Gasteiger partial charge in [0.05, 0.1) is 6.61 Å². The van der Waals surface area contributed by atoms with Gasteiger partial charge in [-0.3, -0.25) is 4.79 Å². The quantitative estimate of drug-likeness (QED) is 0.647. The molecule has 1 unspecified atom stereocenters. The monoisotopic (exact) mass is 202 g/mol. The Hall–Kier alpha value is -0.610. The van der Waals surface area contributed by atoms with Gasteiger partial charge in [-0.25, -0.2) is 0 Å². The molecule has 1 N–H and O–H groups in total. The maximum Gasteiger partial charge on any atom is 0.226 e. The van der Waals surface area contributed by atoms with Crippen molar-refractivity contribution in [3.8, 4) is 0 Å².